The molecule has 1 saturated heterocycles. The van der Waals surface area contributed by atoms with E-state index in [1.165, 1.54) is 37.7 Å². The molecule has 3 aliphatic rings. The summed E-state index contributed by atoms with van der Waals surface area (Å²) >= 11 is 0. The summed E-state index contributed by atoms with van der Waals surface area (Å²) in [5.41, 5.74) is 1.46. The van der Waals surface area contributed by atoms with E-state index in [0.29, 0.717) is 12.0 Å². The zero-order valence-electron chi connectivity index (χ0n) is 12.2. The Morgan fingerprint density at radius 3 is 2.95 bits per heavy atom. The third-order valence-corrected chi connectivity index (χ3v) is 5.22. The van der Waals surface area contributed by atoms with E-state index in [-0.39, 0.29) is 5.54 Å². The van der Waals surface area contributed by atoms with Crippen LogP contribution < -0.4 is 14.8 Å². The summed E-state index contributed by atoms with van der Waals surface area (Å²) in [6, 6.07) is 6.45. The van der Waals surface area contributed by atoms with Crippen molar-refractivity contribution in [3.8, 4) is 11.5 Å². The number of rotatable bonds is 2. The Labute approximate surface area is 120 Å². The average molecular weight is 273 g/mol. The van der Waals surface area contributed by atoms with Crippen LogP contribution in [0.3, 0.4) is 0 Å². The molecule has 0 amide bonds. The Morgan fingerprint density at radius 2 is 2.10 bits per heavy atom. The lowest BCUT2D eigenvalue weighted by atomic mass is 9.80. The molecule has 1 aliphatic carbocycles. The lowest BCUT2D eigenvalue weighted by Crippen LogP contribution is -2.48. The fourth-order valence-corrected chi connectivity index (χ4v) is 4.02. The van der Waals surface area contributed by atoms with Crippen LogP contribution in [0.5, 0.6) is 11.5 Å². The molecule has 2 fully saturated rings. The number of nitrogens with one attached hydrogen (secondary N) is 1. The lowest BCUT2D eigenvalue weighted by Gasteiger charge is -2.37. The molecule has 0 bridgehead atoms. The Bertz CT molecular complexity index is 510. The van der Waals surface area contributed by atoms with Crippen LogP contribution in [0, 0.1) is 0 Å². The molecular formula is C17H23NO2. The second-order valence-corrected chi connectivity index (χ2v) is 6.70. The van der Waals surface area contributed by atoms with Crippen LogP contribution in [0.15, 0.2) is 18.2 Å². The summed E-state index contributed by atoms with van der Waals surface area (Å²) in [7, 11) is 0. The van der Waals surface area contributed by atoms with Crippen LogP contribution in [0.2, 0.25) is 0 Å². The first kappa shape index (κ1) is 12.5. The Kier molecular flexibility index (Phi) is 2.92. The first-order valence-electron chi connectivity index (χ1n) is 7.93. The van der Waals surface area contributed by atoms with Gasteiger partial charge in [-0.25, -0.2) is 0 Å². The first-order chi connectivity index (χ1) is 9.74. The summed E-state index contributed by atoms with van der Waals surface area (Å²) in [4.78, 5) is 0. The molecule has 1 N–H and O–H groups in total. The molecular weight excluding hydrogens is 250 g/mol. The van der Waals surface area contributed by atoms with E-state index in [9.17, 15) is 0 Å². The molecule has 2 heterocycles. The van der Waals surface area contributed by atoms with E-state index in [1.54, 1.807) is 0 Å². The molecule has 4 rings (SSSR count). The van der Waals surface area contributed by atoms with Crippen molar-refractivity contribution in [2.45, 2.75) is 56.6 Å². The van der Waals surface area contributed by atoms with E-state index < -0.39 is 0 Å². The molecule has 2 atom stereocenters. The Hall–Kier alpha value is -1.22. The molecule has 2 aliphatic heterocycles. The standard InChI is InChI=1S/C17H23NO2/c1-17-11-19-16-10-13(20-12-4-2-3-5-12)6-7-14(16)15(17)8-9-18-17/h6-7,10,12,15,18H,2-5,8-9,11H2,1H3/t15-,17+/m0/s1. The van der Waals surface area contributed by atoms with E-state index in [1.807, 2.05) is 0 Å². The van der Waals surface area contributed by atoms with E-state index in [2.05, 4.69) is 30.4 Å². The quantitative estimate of drug-likeness (QED) is 0.897. The number of hydrogen-bond donors (Lipinski definition) is 1. The average Bonchev–Trinajstić information content (AvgIpc) is 3.07. The van der Waals surface area contributed by atoms with Gasteiger partial charge in [0.2, 0.25) is 0 Å². The van der Waals surface area contributed by atoms with Crippen LogP contribution in [0.25, 0.3) is 0 Å². The van der Waals surface area contributed by atoms with Crippen LogP contribution in [0.4, 0.5) is 0 Å². The van der Waals surface area contributed by atoms with Gasteiger partial charge in [-0.15, -0.1) is 0 Å². The zero-order chi connectivity index (χ0) is 13.6. The summed E-state index contributed by atoms with van der Waals surface area (Å²) in [5.74, 6) is 2.59. The minimum Gasteiger partial charge on any atom is -0.491 e. The van der Waals surface area contributed by atoms with Gasteiger partial charge in [0.05, 0.1) is 11.6 Å². The van der Waals surface area contributed by atoms with Gasteiger partial charge in [-0.05, 0) is 57.2 Å². The Morgan fingerprint density at radius 1 is 1.25 bits per heavy atom. The molecule has 108 valence electrons. The van der Waals surface area contributed by atoms with Gasteiger partial charge in [0.1, 0.15) is 18.1 Å². The molecule has 20 heavy (non-hydrogen) atoms. The molecule has 0 spiro atoms. The van der Waals surface area contributed by atoms with Crippen molar-refractivity contribution in [2.24, 2.45) is 0 Å². The van der Waals surface area contributed by atoms with Gasteiger partial charge >= 0.3 is 0 Å². The van der Waals surface area contributed by atoms with Gasteiger partial charge in [-0.2, -0.15) is 0 Å². The summed E-state index contributed by atoms with van der Waals surface area (Å²) in [6.45, 7) is 4.12. The second-order valence-electron chi connectivity index (χ2n) is 6.70. The van der Waals surface area contributed by atoms with Gasteiger partial charge < -0.3 is 14.8 Å². The number of ether oxygens (including phenoxy) is 2. The molecule has 1 aromatic rings. The SMILES string of the molecule is C[C@@]12COc3cc(OC4CCCC4)ccc3[C@@H]1CCN2. The summed E-state index contributed by atoms with van der Waals surface area (Å²) in [5, 5.41) is 3.59. The smallest absolute Gasteiger partial charge is 0.126 e. The van der Waals surface area contributed by atoms with Crippen molar-refractivity contribution >= 4 is 0 Å². The van der Waals surface area contributed by atoms with Crippen LogP contribution in [0.1, 0.15) is 50.5 Å². The summed E-state index contributed by atoms with van der Waals surface area (Å²) < 4.78 is 12.1. The lowest BCUT2D eigenvalue weighted by molar-refractivity contribution is 0.167. The van der Waals surface area contributed by atoms with Crippen molar-refractivity contribution in [2.75, 3.05) is 13.2 Å². The highest BCUT2D eigenvalue weighted by Gasteiger charge is 2.44. The van der Waals surface area contributed by atoms with Gasteiger partial charge in [-0.3, -0.25) is 0 Å². The molecule has 1 aromatic carbocycles. The van der Waals surface area contributed by atoms with Crippen molar-refractivity contribution < 1.29 is 9.47 Å². The van der Waals surface area contributed by atoms with Crippen LogP contribution >= 0.6 is 0 Å². The number of hydrogen-bond acceptors (Lipinski definition) is 3. The minimum absolute atomic E-state index is 0.112. The van der Waals surface area contributed by atoms with Gasteiger partial charge in [0, 0.05) is 12.0 Å². The molecule has 1 saturated carbocycles. The van der Waals surface area contributed by atoms with Gasteiger partial charge in [0.25, 0.3) is 0 Å². The third kappa shape index (κ3) is 1.99. The second kappa shape index (κ2) is 4.66. The third-order valence-electron chi connectivity index (χ3n) is 5.22. The minimum atomic E-state index is 0.112. The molecule has 3 nitrogen and oxygen atoms in total. The maximum absolute atomic E-state index is 6.08. The first-order valence-corrected chi connectivity index (χ1v) is 7.93. The monoisotopic (exact) mass is 273 g/mol. The van der Waals surface area contributed by atoms with Crippen molar-refractivity contribution in [3.05, 3.63) is 23.8 Å². The number of fused-ring (bicyclic) bond motifs is 3. The topological polar surface area (TPSA) is 30.5 Å². The van der Waals surface area contributed by atoms with Crippen molar-refractivity contribution in [1.29, 1.82) is 0 Å². The maximum Gasteiger partial charge on any atom is 0.126 e. The van der Waals surface area contributed by atoms with Crippen molar-refractivity contribution in [1.82, 2.24) is 5.32 Å². The van der Waals surface area contributed by atoms with Gasteiger partial charge in [-0.1, -0.05) is 6.07 Å². The Balaban J connectivity index is 1.59. The van der Waals surface area contributed by atoms with E-state index >= 15 is 0 Å². The highest BCUT2D eigenvalue weighted by atomic mass is 16.5. The fraction of sp³-hybridized carbons (Fsp3) is 0.647. The number of benzene rings is 1. The largest absolute Gasteiger partial charge is 0.491 e. The van der Waals surface area contributed by atoms with Crippen molar-refractivity contribution in [3.63, 3.8) is 0 Å². The maximum atomic E-state index is 6.08. The fourth-order valence-electron chi connectivity index (χ4n) is 4.02. The molecule has 0 radical (unpaired) electrons. The van der Waals surface area contributed by atoms with Crippen LogP contribution in [-0.2, 0) is 0 Å². The predicted molar refractivity (Wildman–Crippen MR) is 78.6 cm³/mol. The predicted octanol–water partition coefficient (Wildman–Crippen LogP) is 3.24. The van der Waals surface area contributed by atoms with Crippen LogP contribution in [-0.4, -0.2) is 24.8 Å². The zero-order valence-corrected chi connectivity index (χ0v) is 12.2. The van der Waals surface area contributed by atoms with Gasteiger partial charge in [0.15, 0.2) is 0 Å². The van der Waals surface area contributed by atoms with E-state index in [4.69, 9.17) is 9.47 Å². The highest BCUT2D eigenvalue weighted by Crippen LogP contribution is 2.45. The molecule has 3 heteroatoms. The summed E-state index contributed by atoms with van der Waals surface area (Å²) in [6.07, 6.45) is 6.62. The molecule has 0 aromatic heterocycles. The highest BCUT2D eigenvalue weighted by molar-refractivity contribution is 5.46. The molecule has 0 unspecified atom stereocenters. The van der Waals surface area contributed by atoms with E-state index in [0.717, 1.165) is 24.7 Å². The normalized spacial score (nSPS) is 32.5.